The van der Waals surface area contributed by atoms with Gasteiger partial charge >= 0.3 is 6.03 Å². The molecular weight excluding hydrogens is 344 g/mol. The van der Waals surface area contributed by atoms with E-state index < -0.39 is 17.8 Å². The Hall–Kier alpha value is -3.41. The molecular formula is C21H20N2O4. The molecule has 1 saturated heterocycles. The van der Waals surface area contributed by atoms with E-state index in [4.69, 9.17) is 4.74 Å². The van der Waals surface area contributed by atoms with Crippen molar-refractivity contribution in [3.8, 4) is 5.75 Å². The van der Waals surface area contributed by atoms with E-state index in [1.54, 1.807) is 31.4 Å². The van der Waals surface area contributed by atoms with Crippen molar-refractivity contribution in [3.63, 3.8) is 0 Å². The largest absolute Gasteiger partial charge is 0.496 e. The van der Waals surface area contributed by atoms with Gasteiger partial charge in [-0.15, -0.1) is 0 Å². The van der Waals surface area contributed by atoms with Gasteiger partial charge in [-0.3, -0.25) is 14.9 Å². The number of nitrogens with zero attached hydrogens (tertiary/aromatic N) is 1. The van der Waals surface area contributed by atoms with Crippen LogP contribution in [0.2, 0.25) is 0 Å². The van der Waals surface area contributed by atoms with Crippen molar-refractivity contribution in [1.29, 1.82) is 0 Å². The van der Waals surface area contributed by atoms with Crippen molar-refractivity contribution in [2.45, 2.75) is 20.8 Å². The van der Waals surface area contributed by atoms with Crippen LogP contribution < -0.4 is 15.0 Å². The zero-order chi connectivity index (χ0) is 19.7. The number of carbonyl (C=O) groups excluding carboxylic acids is 3. The van der Waals surface area contributed by atoms with E-state index in [-0.39, 0.29) is 5.57 Å². The topological polar surface area (TPSA) is 75.7 Å². The molecule has 1 aliphatic heterocycles. The predicted octanol–water partition coefficient (Wildman–Crippen LogP) is 3.29. The van der Waals surface area contributed by atoms with Crippen LogP contribution in [0, 0.1) is 20.8 Å². The maximum Gasteiger partial charge on any atom is 0.335 e. The zero-order valence-electron chi connectivity index (χ0n) is 15.6. The fraction of sp³-hybridized carbons (Fsp3) is 0.190. The van der Waals surface area contributed by atoms with Crippen molar-refractivity contribution < 1.29 is 19.1 Å². The van der Waals surface area contributed by atoms with Gasteiger partial charge in [-0.25, -0.2) is 9.69 Å². The van der Waals surface area contributed by atoms with E-state index >= 15 is 0 Å². The van der Waals surface area contributed by atoms with Crippen molar-refractivity contribution >= 4 is 29.6 Å². The first-order chi connectivity index (χ1) is 12.8. The minimum atomic E-state index is -0.753. The Balaban J connectivity index is 2.01. The molecule has 0 bridgehead atoms. The Bertz CT molecular complexity index is 992. The summed E-state index contributed by atoms with van der Waals surface area (Å²) < 4.78 is 5.22. The van der Waals surface area contributed by atoms with Gasteiger partial charge in [-0.05, 0) is 73.4 Å². The quantitative estimate of drug-likeness (QED) is 0.670. The van der Waals surface area contributed by atoms with Crippen LogP contribution in [-0.4, -0.2) is 25.0 Å². The molecule has 1 aliphatic rings. The standard InChI is InChI=1S/C21H20N2O4/c1-12-5-7-16(10-13(12)2)23-20(25)17(19(24)22-21(23)26)11-15-6-8-18(27-4)14(3)9-15/h5-11H,1-4H3,(H,22,24,26). The number of methoxy groups -OCH3 is 1. The highest BCUT2D eigenvalue weighted by Crippen LogP contribution is 2.25. The average Bonchev–Trinajstić information content (AvgIpc) is 2.61. The number of ether oxygens (including phenoxy) is 1. The van der Waals surface area contributed by atoms with E-state index in [1.807, 2.05) is 32.9 Å². The van der Waals surface area contributed by atoms with Gasteiger partial charge in [0.1, 0.15) is 11.3 Å². The van der Waals surface area contributed by atoms with Crippen molar-refractivity contribution in [3.05, 3.63) is 64.2 Å². The lowest BCUT2D eigenvalue weighted by Crippen LogP contribution is -2.54. The third kappa shape index (κ3) is 3.46. The second kappa shape index (κ2) is 7.07. The van der Waals surface area contributed by atoms with Gasteiger partial charge in [0.25, 0.3) is 11.8 Å². The summed E-state index contributed by atoms with van der Waals surface area (Å²) in [5.41, 5.74) is 3.85. The van der Waals surface area contributed by atoms with Crippen molar-refractivity contribution in [2.75, 3.05) is 12.0 Å². The highest BCUT2D eigenvalue weighted by atomic mass is 16.5. The molecule has 2 aromatic carbocycles. The summed E-state index contributed by atoms with van der Waals surface area (Å²) in [6, 6.07) is 9.83. The molecule has 1 N–H and O–H groups in total. The monoisotopic (exact) mass is 364 g/mol. The number of imide groups is 2. The number of hydrogen-bond acceptors (Lipinski definition) is 4. The Morgan fingerprint density at radius 1 is 0.926 bits per heavy atom. The third-order valence-corrected chi connectivity index (χ3v) is 4.58. The lowest BCUT2D eigenvalue weighted by Gasteiger charge is -2.26. The molecule has 138 valence electrons. The van der Waals surface area contributed by atoms with Gasteiger partial charge in [-0.1, -0.05) is 12.1 Å². The number of carbonyl (C=O) groups is 3. The number of aryl methyl sites for hydroxylation is 3. The minimum Gasteiger partial charge on any atom is -0.496 e. The number of anilines is 1. The summed E-state index contributed by atoms with van der Waals surface area (Å²) in [7, 11) is 1.58. The maximum atomic E-state index is 12.9. The first-order valence-electron chi connectivity index (χ1n) is 8.45. The van der Waals surface area contributed by atoms with Gasteiger partial charge in [0, 0.05) is 0 Å². The smallest absolute Gasteiger partial charge is 0.335 e. The fourth-order valence-electron chi connectivity index (χ4n) is 2.91. The molecule has 1 fully saturated rings. The molecule has 27 heavy (non-hydrogen) atoms. The zero-order valence-corrected chi connectivity index (χ0v) is 15.6. The molecule has 6 nitrogen and oxygen atoms in total. The van der Waals surface area contributed by atoms with Gasteiger partial charge in [-0.2, -0.15) is 0 Å². The normalized spacial score (nSPS) is 15.9. The fourth-order valence-corrected chi connectivity index (χ4v) is 2.91. The molecule has 6 heteroatoms. The van der Waals surface area contributed by atoms with E-state index in [2.05, 4.69) is 5.32 Å². The van der Waals surface area contributed by atoms with Gasteiger partial charge in [0.2, 0.25) is 0 Å². The third-order valence-electron chi connectivity index (χ3n) is 4.58. The van der Waals surface area contributed by atoms with Crippen LogP contribution >= 0.6 is 0 Å². The first-order valence-corrected chi connectivity index (χ1v) is 8.45. The molecule has 0 saturated carbocycles. The summed E-state index contributed by atoms with van der Waals surface area (Å²) >= 11 is 0. The SMILES string of the molecule is COc1ccc(C=C2C(=O)NC(=O)N(c3ccc(C)c(C)c3)C2=O)cc1C. The Labute approximate surface area is 157 Å². The molecule has 4 amide bonds. The summed E-state index contributed by atoms with van der Waals surface area (Å²) in [6.07, 6.45) is 1.48. The van der Waals surface area contributed by atoms with Crippen LogP contribution in [0.4, 0.5) is 10.5 Å². The number of barbiturate groups is 1. The molecule has 0 aromatic heterocycles. The molecule has 0 aliphatic carbocycles. The van der Waals surface area contributed by atoms with E-state index in [1.165, 1.54) is 6.08 Å². The number of benzene rings is 2. The van der Waals surface area contributed by atoms with Crippen LogP contribution in [0.15, 0.2) is 42.0 Å². The molecule has 0 atom stereocenters. The van der Waals surface area contributed by atoms with Crippen molar-refractivity contribution in [1.82, 2.24) is 5.32 Å². The highest BCUT2D eigenvalue weighted by molar-refractivity contribution is 6.39. The van der Waals surface area contributed by atoms with Gasteiger partial charge in [0.05, 0.1) is 12.8 Å². The predicted molar refractivity (Wildman–Crippen MR) is 103 cm³/mol. The average molecular weight is 364 g/mol. The highest BCUT2D eigenvalue weighted by Gasteiger charge is 2.36. The first kappa shape index (κ1) is 18.4. The summed E-state index contributed by atoms with van der Waals surface area (Å²) in [4.78, 5) is 38.4. The molecule has 3 rings (SSSR count). The summed E-state index contributed by atoms with van der Waals surface area (Å²) in [5, 5.41) is 2.23. The Morgan fingerprint density at radius 2 is 1.67 bits per heavy atom. The Morgan fingerprint density at radius 3 is 2.30 bits per heavy atom. The molecule has 1 heterocycles. The maximum absolute atomic E-state index is 12.9. The molecule has 0 radical (unpaired) electrons. The minimum absolute atomic E-state index is 0.0996. The van der Waals surface area contributed by atoms with Gasteiger partial charge in [0.15, 0.2) is 0 Å². The second-order valence-corrected chi connectivity index (χ2v) is 6.46. The number of amides is 4. The lowest BCUT2D eigenvalue weighted by atomic mass is 10.0. The van der Waals surface area contributed by atoms with Crippen LogP contribution in [0.5, 0.6) is 5.75 Å². The van der Waals surface area contributed by atoms with Crippen LogP contribution in [0.1, 0.15) is 22.3 Å². The van der Waals surface area contributed by atoms with Crippen LogP contribution in [0.3, 0.4) is 0 Å². The van der Waals surface area contributed by atoms with Crippen LogP contribution in [0.25, 0.3) is 6.08 Å². The number of hydrogen-bond donors (Lipinski definition) is 1. The number of nitrogens with one attached hydrogen (secondary N) is 1. The molecule has 0 unspecified atom stereocenters. The number of urea groups is 1. The molecule has 0 spiro atoms. The Kier molecular flexibility index (Phi) is 4.81. The van der Waals surface area contributed by atoms with Gasteiger partial charge < -0.3 is 4.74 Å². The van der Waals surface area contributed by atoms with Crippen LogP contribution in [-0.2, 0) is 9.59 Å². The van der Waals surface area contributed by atoms with Crippen molar-refractivity contribution in [2.24, 2.45) is 0 Å². The second-order valence-electron chi connectivity index (χ2n) is 6.46. The molecule has 2 aromatic rings. The lowest BCUT2D eigenvalue weighted by molar-refractivity contribution is -0.122. The van der Waals surface area contributed by atoms with E-state index in [0.717, 1.165) is 21.6 Å². The van der Waals surface area contributed by atoms with E-state index in [0.29, 0.717) is 17.0 Å². The van der Waals surface area contributed by atoms with E-state index in [9.17, 15) is 14.4 Å². The summed E-state index contributed by atoms with van der Waals surface area (Å²) in [5.74, 6) is -0.650. The summed E-state index contributed by atoms with van der Waals surface area (Å²) in [6.45, 7) is 5.71. The number of rotatable bonds is 3.